The van der Waals surface area contributed by atoms with Crippen molar-refractivity contribution < 1.29 is 14.6 Å². The van der Waals surface area contributed by atoms with Crippen LogP contribution in [0.5, 0.6) is 0 Å². The molecule has 1 aromatic carbocycles. The molecule has 0 aliphatic rings. The van der Waals surface area contributed by atoms with Crippen LogP contribution in [0.2, 0.25) is 0 Å². The molecule has 2 rings (SSSR count). The first-order chi connectivity index (χ1) is 8.16. The monoisotopic (exact) mass is 231 g/mol. The molecule has 1 atom stereocenters. The summed E-state index contributed by atoms with van der Waals surface area (Å²) in [5.74, 6) is -0.951. The quantitative estimate of drug-likeness (QED) is 0.876. The zero-order chi connectivity index (χ0) is 12.3. The molecule has 0 amide bonds. The molecule has 0 aliphatic heterocycles. The highest BCUT2D eigenvalue weighted by atomic mass is 16.5. The van der Waals surface area contributed by atoms with Gasteiger partial charge in [0.2, 0.25) is 0 Å². The highest BCUT2D eigenvalue weighted by Gasteiger charge is 2.10. The van der Waals surface area contributed by atoms with Crippen LogP contribution in [0, 0.1) is 0 Å². The van der Waals surface area contributed by atoms with Crippen molar-refractivity contribution in [3.05, 3.63) is 42.1 Å². The van der Waals surface area contributed by atoms with Crippen LogP contribution in [0.15, 0.2) is 36.5 Å². The zero-order valence-corrected chi connectivity index (χ0v) is 9.46. The molecule has 0 saturated carbocycles. The number of benzene rings is 1. The number of ether oxygens (including phenoxy) is 1. The van der Waals surface area contributed by atoms with E-state index in [0.29, 0.717) is 0 Å². The molecule has 1 heterocycles. The van der Waals surface area contributed by atoms with Crippen molar-refractivity contribution in [1.82, 2.24) is 4.98 Å². The van der Waals surface area contributed by atoms with E-state index in [-0.39, 0.29) is 6.61 Å². The minimum atomic E-state index is -0.951. The van der Waals surface area contributed by atoms with Crippen LogP contribution >= 0.6 is 0 Å². The maximum Gasteiger partial charge on any atom is 0.332 e. The maximum absolute atomic E-state index is 10.6. The number of hydrogen-bond acceptors (Lipinski definition) is 3. The summed E-state index contributed by atoms with van der Waals surface area (Å²) in [7, 11) is 0. The predicted octanol–water partition coefficient (Wildman–Crippen LogP) is 2.22. The van der Waals surface area contributed by atoms with Crippen LogP contribution in [0.3, 0.4) is 0 Å². The summed E-state index contributed by atoms with van der Waals surface area (Å²) < 4.78 is 5.22. The number of aromatic nitrogens is 1. The Morgan fingerprint density at radius 3 is 3.06 bits per heavy atom. The Kier molecular flexibility index (Phi) is 3.35. The lowest BCUT2D eigenvalue weighted by molar-refractivity contribution is -0.149. The summed E-state index contributed by atoms with van der Waals surface area (Å²) in [5.41, 5.74) is 1.86. The van der Waals surface area contributed by atoms with Gasteiger partial charge in [0.1, 0.15) is 0 Å². The Morgan fingerprint density at radius 2 is 2.29 bits per heavy atom. The summed E-state index contributed by atoms with van der Waals surface area (Å²) in [6.45, 7) is 1.81. The number of nitrogens with zero attached hydrogens (tertiary/aromatic N) is 1. The van der Waals surface area contributed by atoms with Gasteiger partial charge in [0.15, 0.2) is 6.10 Å². The van der Waals surface area contributed by atoms with Gasteiger partial charge in [0.25, 0.3) is 0 Å². The fourth-order valence-electron chi connectivity index (χ4n) is 1.51. The van der Waals surface area contributed by atoms with E-state index in [1.54, 1.807) is 6.20 Å². The molecule has 2 aromatic rings. The SMILES string of the molecule is C[C@@H](OCc1ccc2ncccc2c1)C(=O)O. The third kappa shape index (κ3) is 2.79. The van der Waals surface area contributed by atoms with Crippen molar-refractivity contribution in [1.29, 1.82) is 0 Å². The lowest BCUT2D eigenvalue weighted by atomic mass is 10.1. The molecular formula is C13H13NO3. The van der Waals surface area contributed by atoms with Crippen LogP contribution < -0.4 is 0 Å². The maximum atomic E-state index is 10.6. The highest BCUT2D eigenvalue weighted by Crippen LogP contribution is 2.14. The van der Waals surface area contributed by atoms with E-state index in [1.807, 2.05) is 30.3 Å². The van der Waals surface area contributed by atoms with Crippen LogP contribution in [-0.4, -0.2) is 22.2 Å². The van der Waals surface area contributed by atoms with E-state index in [9.17, 15) is 4.79 Å². The lowest BCUT2D eigenvalue weighted by Gasteiger charge is -2.08. The van der Waals surface area contributed by atoms with Crippen LogP contribution in [0.25, 0.3) is 10.9 Å². The molecule has 0 aliphatic carbocycles. The summed E-state index contributed by atoms with van der Waals surface area (Å²) in [5, 5.41) is 9.72. The summed E-state index contributed by atoms with van der Waals surface area (Å²) in [6.07, 6.45) is 0.949. The first-order valence-electron chi connectivity index (χ1n) is 5.35. The Hall–Kier alpha value is -1.94. The van der Waals surface area contributed by atoms with Crippen molar-refractivity contribution >= 4 is 16.9 Å². The van der Waals surface area contributed by atoms with Gasteiger partial charge >= 0.3 is 5.97 Å². The van der Waals surface area contributed by atoms with E-state index in [2.05, 4.69) is 4.98 Å². The Labute approximate surface area is 98.9 Å². The molecule has 4 nitrogen and oxygen atoms in total. The third-order valence-corrected chi connectivity index (χ3v) is 2.52. The van der Waals surface area contributed by atoms with Crippen LogP contribution in [0.4, 0.5) is 0 Å². The highest BCUT2D eigenvalue weighted by molar-refractivity contribution is 5.78. The van der Waals surface area contributed by atoms with Gasteiger partial charge < -0.3 is 9.84 Å². The molecule has 0 bridgehead atoms. The van der Waals surface area contributed by atoms with Gasteiger partial charge in [-0.1, -0.05) is 12.1 Å². The fraction of sp³-hybridized carbons (Fsp3) is 0.231. The molecule has 88 valence electrons. The Morgan fingerprint density at radius 1 is 1.47 bits per heavy atom. The number of carboxylic acids is 1. The molecule has 17 heavy (non-hydrogen) atoms. The lowest BCUT2D eigenvalue weighted by Crippen LogP contribution is -2.19. The second-order valence-electron chi connectivity index (χ2n) is 3.82. The van der Waals surface area contributed by atoms with Crippen molar-refractivity contribution in [3.8, 4) is 0 Å². The number of fused-ring (bicyclic) bond motifs is 1. The topological polar surface area (TPSA) is 59.4 Å². The first-order valence-corrected chi connectivity index (χ1v) is 5.35. The third-order valence-electron chi connectivity index (χ3n) is 2.52. The minimum absolute atomic E-state index is 0.290. The largest absolute Gasteiger partial charge is 0.479 e. The average molecular weight is 231 g/mol. The number of carbonyl (C=O) groups is 1. The molecule has 0 radical (unpaired) electrons. The van der Waals surface area contributed by atoms with Crippen molar-refractivity contribution in [2.24, 2.45) is 0 Å². The van der Waals surface area contributed by atoms with E-state index in [0.717, 1.165) is 16.5 Å². The Balaban J connectivity index is 2.12. The molecule has 1 aromatic heterocycles. The van der Waals surface area contributed by atoms with E-state index in [4.69, 9.17) is 9.84 Å². The number of hydrogen-bond donors (Lipinski definition) is 1. The molecule has 4 heteroatoms. The molecule has 0 spiro atoms. The smallest absolute Gasteiger partial charge is 0.332 e. The number of pyridine rings is 1. The number of rotatable bonds is 4. The molecular weight excluding hydrogens is 218 g/mol. The summed E-state index contributed by atoms with van der Waals surface area (Å²) in [4.78, 5) is 14.8. The zero-order valence-electron chi connectivity index (χ0n) is 9.46. The van der Waals surface area contributed by atoms with Gasteiger partial charge in [-0.25, -0.2) is 4.79 Å². The standard InChI is InChI=1S/C13H13NO3/c1-9(13(15)16)17-8-10-4-5-12-11(7-10)3-2-6-14-12/h2-7,9H,8H2,1H3,(H,15,16)/t9-/m1/s1. The fourth-order valence-corrected chi connectivity index (χ4v) is 1.51. The van der Waals surface area contributed by atoms with Crippen molar-refractivity contribution in [3.63, 3.8) is 0 Å². The Bertz CT molecular complexity index is 539. The first kappa shape index (κ1) is 11.5. The summed E-state index contributed by atoms with van der Waals surface area (Å²) >= 11 is 0. The van der Waals surface area contributed by atoms with E-state index < -0.39 is 12.1 Å². The second kappa shape index (κ2) is 4.93. The molecule has 0 fully saturated rings. The van der Waals surface area contributed by atoms with Gasteiger partial charge in [-0.3, -0.25) is 4.98 Å². The van der Waals surface area contributed by atoms with Gasteiger partial charge in [0.05, 0.1) is 12.1 Å². The van der Waals surface area contributed by atoms with E-state index in [1.165, 1.54) is 6.92 Å². The number of carboxylic acid groups (broad SMARTS) is 1. The van der Waals surface area contributed by atoms with E-state index >= 15 is 0 Å². The molecule has 0 saturated heterocycles. The molecule has 0 unspecified atom stereocenters. The van der Waals surface area contributed by atoms with Gasteiger partial charge in [-0.15, -0.1) is 0 Å². The van der Waals surface area contributed by atoms with Crippen LogP contribution in [0.1, 0.15) is 12.5 Å². The predicted molar refractivity (Wildman–Crippen MR) is 63.6 cm³/mol. The van der Waals surface area contributed by atoms with Gasteiger partial charge in [-0.2, -0.15) is 0 Å². The molecule has 1 N–H and O–H groups in total. The average Bonchev–Trinajstić information content (AvgIpc) is 2.35. The minimum Gasteiger partial charge on any atom is -0.479 e. The number of aliphatic carboxylic acids is 1. The van der Waals surface area contributed by atoms with Crippen molar-refractivity contribution in [2.75, 3.05) is 0 Å². The van der Waals surface area contributed by atoms with Gasteiger partial charge in [-0.05, 0) is 30.7 Å². The van der Waals surface area contributed by atoms with Gasteiger partial charge in [0, 0.05) is 11.6 Å². The summed E-state index contributed by atoms with van der Waals surface area (Å²) in [6, 6.07) is 9.58. The normalized spacial score (nSPS) is 12.5. The second-order valence-corrected chi connectivity index (χ2v) is 3.82. The van der Waals surface area contributed by atoms with Crippen LogP contribution in [-0.2, 0) is 16.1 Å². The van der Waals surface area contributed by atoms with Crippen molar-refractivity contribution in [2.45, 2.75) is 19.6 Å².